The van der Waals surface area contributed by atoms with Crippen molar-refractivity contribution in [2.45, 2.75) is 24.8 Å². The molecule has 0 unspecified atom stereocenters. The number of nitrogens with two attached hydrogens (primary N) is 2. The Morgan fingerprint density at radius 2 is 2.05 bits per heavy atom. The number of hydrogen-bond donors (Lipinski definition) is 3. The second-order valence-corrected chi connectivity index (χ2v) is 4.74. The molecule has 0 heterocycles. The average molecular weight is 263 g/mol. The fraction of sp³-hybridized carbons (Fsp3) is 0.385. The molecule has 1 aromatic carbocycles. The number of ether oxygens (including phenoxy) is 1. The summed E-state index contributed by atoms with van der Waals surface area (Å²) in [7, 11) is 1.48. The minimum atomic E-state index is -0.812. The van der Waals surface area contributed by atoms with E-state index in [1.54, 1.807) is 12.1 Å². The van der Waals surface area contributed by atoms with E-state index in [4.69, 9.17) is 16.2 Å². The lowest BCUT2D eigenvalue weighted by Gasteiger charge is -2.36. The van der Waals surface area contributed by atoms with E-state index in [1.807, 2.05) is 0 Å². The summed E-state index contributed by atoms with van der Waals surface area (Å²) in [5.74, 6) is -0.371. The molecule has 0 bridgehead atoms. The Bertz CT molecular complexity index is 524. The smallest absolute Gasteiger partial charge is 0.248 e. The van der Waals surface area contributed by atoms with E-state index in [9.17, 15) is 9.59 Å². The van der Waals surface area contributed by atoms with Crippen LogP contribution < -0.4 is 21.5 Å². The Hall–Kier alpha value is -2.08. The maximum absolute atomic E-state index is 12.1. The number of methoxy groups -OCH3 is 1. The van der Waals surface area contributed by atoms with Crippen LogP contribution in [0.15, 0.2) is 18.2 Å². The SMILES string of the molecule is COc1ccc(C(N)=O)cc1NC(=O)C1(N)CCC1. The predicted octanol–water partition coefficient (Wildman–Crippen LogP) is 0.614. The first-order chi connectivity index (χ1) is 8.96. The van der Waals surface area contributed by atoms with Gasteiger partial charge in [-0.2, -0.15) is 0 Å². The minimum Gasteiger partial charge on any atom is -0.495 e. The van der Waals surface area contributed by atoms with Crippen LogP contribution in [0.5, 0.6) is 5.75 Å². The maximum Gasteiger partial charge on any atom is 0.248 e. The highest BCUT2D eigenvalue weighted by Gasteiger charge is 2.40. The Morgan fingerprint density at radius 1 is 1.37 bits per heavy atom. The average Bonchev–Trinajstić information content (AvgIpc) is 2.35. The van der Waals surface area contributed by atoms with Gasteiger partial charge >= 0.3 is 0 Å². The van der Waals surface area contributed by atoms with Crippen LogP contribution in [0.4, 0.5) is 5.69 Å². The summed E-state index contributed by atoms with van der Waals surface area (Å²) < 4.78 is 5.14. The van der Waals surface area contributed by atoms with E-state index in [0.29, 0.717) is 29.8 Å². The third kappa shape index (κ3) is 2.53. The van der Waals surface area contributed by atoms with Gasteiger partial charge in [0.15, 0.2) is 0 Å². The highest BCUT2D eigenvalue weighted by atomic mass is 16.5. The molecule has 0 saturated heterocycles. The largest absolute Gasteiger partial charge is 0.495 e. The van der Waals surface area contributed by atoms with Crippen molar-refractivity contribution in [2.75, 3.05) is 12.4 Å². The van der Waals surface area contributed by atoms with Crippen LogP contribution in [0, 0.1) is 0 Å². The Kier molecular flexibility index (Phi) is 3.44. The summed E-state index contributed by atoms with van der Waals surface area (Å²) in [6.45, 7) is 0. The Labute approximate surface area is 111 Å². The van der Waals surface area contributed by atoms with Crippen LogP contribution in [-0.4, -0.2) is 24.5 Å². The predicted molar refractivity (Wildman–Crippen MR) is 70.9 cm³/mol. The normalized spacial score (nSPS) is 16.3. The molecule has 6 heteroatoms. The molecule has 0 radical (unpaired) electrons. The van der Waals surface area contributed by atoms with Crippen molar-refractivity contribution in [3.63, 3.8) is 0 Å². The molecule has 6 nitrogen and oxygen atoms in total. The van der Waals surface area contributed by atoms with Gasteiger partial charge < -0.3 is 21.5 Å². The summed E-state index contributed by atoms with van der Waals surface area (Å²) in [6, 6.07) is 4.61. The number of amides is 2. The van der Waals surface area contributed by atoms with Gasteiger partial charge in [-0.25, -0.2) is 0 Å². The van der Waals surface area contributed by atoms with Crippen molar-refractivity contribution >= 4 is 17.5 Å². The van der Waals surface area contributed by atoms with E-state index in [1.165, 1.54) is 13.2 Å². The molecule has 1 aromatic rings. The van der Waals surface area contributed by atoms with Crippen molar-refractivity contribution in [1.29, 1.82) is 0 Å². The van der Waals surface area contributed by atoms with Crippen molar-refractivity contribution in [2.24, 2.45) is 11.5 Å². The van der Waals surface area contributed by atoms with Gasteiger partial charge in [0.05, 0.1) is 18.3 Å². The van der Waals surface area contributed by atoms with Crippen LogP contribution in [-0.2, 0) is 4.79 Å². The van der Waals surface area contributed by atoms with E-state index < -0.39 is 11.4 Å². The minimum absolute atomic E-state index is 0.265. The van der Waals surface area contributed by atoms with Gasteiger partial charge in [-0.3, -0.25) is 9.59 Å². The molecule has 0 aromatic heterocycles. The number of rotatable bonds is 4. The van der Waals surface area contributed by atoms with Gasteiger partial charge in [-0.1, -0.05) is 0 Å². The summed E-state index contributed by atoms with van der Waals surface area (Å²) in [6.07, 6.45) is 2.27. The summed E-state index contributed by atoms with van der Waals surface area (Å²) >= 11 is 0. The van der Waals surface area contributed by atoms with Gasteiger partial charge in [0.1, 0.15) is 5.75 Å². The Balaban J connectivity index is 2.24. The lowest BCUT2D eigenvalue weighted by Crippen LogP contribution is -2.56. The number of primary amides is 1. The molecule has 2 rings (SSSR count). The number of hydrogen-bond acceptors (Lipinski definition) is 4. The second-order valence-electron chi connectivity index (χ2n) is 4.74. The molecule has 19 heavy (non-hydrogen) atoms. The second kappa shape index (κ2) is 4.89. The van der Waals surface area contributed by atoms with Crippen molar-refractivity contribution in [1.82, 2.24) is 0 Å². The molecular weight excluding hydrogens is 246 g/mol. The molecule has 5 N–H and O–H groups in total. The van der Waals surface area contributed by atoms with Gasteiger partial charge in [-0.15, -0.1) is 0 Å². The topological polar surface area (TPSA) is 107 Å². The van der Waals surface area contributed by atoms with Crippen LogP contribution in [0.3, 0.4) is 0 Å². The fourth-order valence-electron chi connectivity index (χ4n) is 1.99. The molecule has 2 amide bonds. The number of carbonyl (C=O) groups is 2. The zero-order valence-electron chi connectivity index (χ0n) is 10.7. The van der Waals surface area contributed by atoms with E-state index in [-0.39, 0.29) is 5.91 Å². The number of benzene rings is 1. The molecule has 1 aliphatic rings. The third-order valence-electron chi connectivity index (χ3n) is 3.43. The van der Waals surface area contributed by atoms with Gasteiger partial charge in [-0.05, 0) is 37.5 Å². The summed E-state index contributed by atoms with van der Waals surface area (Å²) in [4.78, 5) is 23.2. The van der Waals surface area contributed by atoms with Crippen LogP contribution in [0.25, 0.3) is 0 Å². The zero-order chi connectivity index (χ0) is 14.0. The van der Waals surface area contributed by atoms with Crippen LogP contribution >= 0.6 is 0 Å². The molecule has 1 aliphatic carbocycles. The highest BCUT2D eigenvalue weighted by molar-refractivity contribution is 6.01. The molecule has 1 saturated carbocycles. The number of anilines is 1. The summed E-state index contributed by atoms with van der Waals surface area (Å²) in [5, 5.41) is 2.70. The van der Waals surface area contributed by atoms with E-state index >= 15 is 0 Å². The first kappa shape index (κ1) is 13.4. The summed E-state index contributed by atoms with van der Waals surface area (Å²) in [5.41, 5.74) is 11.0. The number of nitrogens with one attached hydrogen (secondary N) is 1. The fourth-order valence-corrected chi connectivity index (χ4v) is 1.99. The quantitative estimate of drug-likeness (QED) is 0.739. The lowest BCUT2D eigenvalue weighted by molar-refractivity contribution is -0.123. The van der Waals surface area contributed by atoms with Crippen LogP contribution in [0.2, 0.25) is 0 Å². The van der Waals surface area contributed by atoms with E-state index in [2.05, 4.69) is 5.32 Å². The van der Waals surface area contributed by atoms with Crippen molar-refractivity contribution in [3.05, 3.63) is 23.8 Å². The monoisotopic (exact) mass is 263 g/mol. The maximum atomic E-state index is 12.1. The Morgan fingerprint density at radius 3 is 2.53 bits per heavy atom. The van der Waals surface area contributed by atoms with Gasteiger partial charge in [0, 0.05) is 5.56 Å². The van der Waals surface area contributed by atoms with E-state index in [0.717, 1.165) is 6.42 Å². The van der Waals surface area contributed by atoms with Crippen molar-refractivity contribution < 1.29 is 14.3 Å². The van der Waals surface area contributed by atoms with Crippen molar-refractivity contribution in [3.8, 4) is 5.75 Å². The molecule has 0 atom stereocenters. The molecule has 1 fully saturated rings. The molecular formula is C13H17N3O3. The first-order valence-corrected chi connectivity index (χ1v) is 6.04. The molecule has 102 valence electrons. The van der Waals surface area contributed by atoms with Gasteiger partial charge in [0.2, 0.25) is 11.8 Å². The molecule has 0 aliphatic heterocycles. The lowest BCUT2D eigenvalue weighted by atomic mass is 9.77. The number of carbonyl (C=O) groups excluding carboxylic acids is 2. The molecule has 0 spiro atoms. The van der Waals surface area contributed by atoms with Crippen LogP contribution in [0.1, 0.15) is 29.6 Å². The zero-order valence-corrected chi connectivity index (χ0v) is 10.7. The first-order valence-electron chi connectivity index (χ1n) is 6.04. The standard InChI is InChI=1S/C13H17N3O3/c1-19-10-4-3-8(11(14)17)7-9(10)16-12(18)13(15)5-2-6-13/h3-4,7H,2,5-6,15H2,1H3,(H2,14,17)(H,16,18). The highest BCUT2D eigenvalue weighted by Crippen LogP contribution is 2.32. The van der Waals surface area contributed by atoms with Gasteiger partial charge in [0.25, 0.3) is 0 Å². The third-order valence-corrected chi connectivity index (χ3v) is 3.43.